The van der Waals surface area contributed by atoms with Crippen LogP contribution in [0.1, 0.15) is 42.0 Å². The minimum Gasteiger partial charge on any atom is -0.455 e. The highest BCUT2D eigenvalue weighted by Gasteiger charge is 2.22. The molecule has 7 nitrogen and oxygen atoms in total. The first kappa shape index (κ1) is 18.0. The number of aliphatic hydroxyl groups excluding tert-OH is 1. The SMILES string of the molecule is CS(=O)(=O)NCc1ccc(C(=O)NC[C@H]2CCC[C@@H](CO)C2)o1. The first-order chi connectivity index (χ1) is 10.9. The lowest BCUT2D eigenvalue weighted by Gasteiger charge is -2.27. The molecule has 1 amide bonds. The molecule has 0 aliphatic heterocycles. The van der Waals surface area contributed by atoms with Crippen LogP contribution in [0, 0.1) is 11.8 Å². The molecular weight excluding hydrogens is 320 g/mol. The van der Waals surface area contributed by atoms with Crippen molar-refractivity contribution >= 4 is 15.9 Å². The molecule has 1 fully saturated rings. The predicted molar refractivity (Wildman–Crippen MR) is 85.3 cm³/mol. The maximum absolute atomic E-state index is 12.1. The summed E-state index contributed by atoms with van der Waals surface area (Å²) in [5, 5.41) is 12.1. The number of amides is 1. The van der Waals surface area contributed by atoms with Crippen molar-refractivity contribution in [1.29, 1.82) is 0 Å². The van der Waals surface area contributed by atoms with E-state index < -0.39 is 10.0 Å². The van der Waals surface area contributed by atoms with Crippen LogP contribution < -0.4 is 10.0 Å². The third-order valence-electron chi connectivity index (χ3n) is 4.09. The maximum atomic E-state index is 12.1. The predicted octanol–water partition coefficient (Wildman–Crippen LogP) is 0.857. The third-order valence-corrected chi connectivity index (χ3v) is 4.76. The summed E-state index contributed by atoms with van der Waals surface area (Å²) in [5.74, 6) is 0.972. The number of sulfonamides is 1. The van der Waals surface area contributed by atoms with E-state index in [9.17, 15) is 18.3 Å². The molecule has 23 heavy (non-hydrogen) atoms. The van der Waals surface area contributed by atoms with Gasteiger partial charge >= 0.3 is 0 Å². The second kappa shape index (κ2) is 7.94. The lowest BCUT2D eigenvalue weighted by Crippen LogP contribution is -2.32. The van der Waals surface area contributed by atoms with Crippen molar-refractivity contribution in [3.8, 4) is 0 Å². The van der Waals surface area contributed by atoms with E-state index in [0.717, 1.165) is 31.9 Å². The number of carbonyl (C=O) groups is 1. The van der Waals surface area contributed by atoms with Gasteiger partial charge < -0.3 is 14.8 Å². The molecule has 130 valence electrons. The molecule has 0 spiro atoms. The number of carbonyl (C=O) groups excluding carboxylic acids is 1. The molecule has 0 bridgehead atoms. The van der Waals surface area contributed by atoms with Crippen LogP contribution in [-0.2, 0) is 16.6 Å². The summed E-state index contributed by atoms with van der Waals surface area (Å²) in [5.41, 5.74) is 0. The molecule has 1 heterocycles. The fourth-order valence-electron chi connectivity index (χ4n) is 2.87. The van der Waals surface area contributed by atoms with E-state index in [2.05, 4.69) is 10.0 Å². The number of aliphatic hydroxyl groups is 1. The normalized spacial score (nSPS) is 22.0. The molecule has 1 aromatic heterocycles. The first-order valence-corrected chi connectivity index (χ1v) is 9.69. The van der Waals surface area contributed by atoms with Crippen LogP contribution in [-0.4, -0.2) is 38.8 Å². The maximum Gasteiger partial charge on any atom is 0.287 e. The first-order valence-electron chi connectivity index (χ1n) is 7.80. The zero-order valence-corrected chi connectivity index (χ0v) is 14.1. The number of hydrogen-bond acceptors (Lipinski definition) is 5. The molecule has 3 N–H and O–H groups in total. The van der Waals surface area contributed by atoms with Gasteiger partial charge in [-0.25, -0.2) is 13.1 Å². The van der Waals surface area contributed by atoms with Gasteiger partial charge in [-0.05, 0) is 43.2 Å². The summed E-state index contributed by atoms with van der Waals surface area (Å²) in [6.07, 6.45) is 5.17. The Bertz CT molecular complexity index is 626. The van der Waals surface area contributed by atoms with Gasteiger partial charge in [0.15, 0.2) is 5.76 Å². The Morgan fingerprint density at radius 1 is 1.35 bits per heavy atom. The minimum absolute atomic E-state index is 0.0208. The van der Waals surface area contributed by atoms with Gasteiger partial charge in [0.05, 0.1) is 12.8 Å². The van der Waals surface area contributed by atoms with E-state index in [0.29, 0.717) is 24.1 Å². The highest BCUT2D eigenvalue weighted by atomic mass is 32.2. The third kappa shape index (κ3) is 5.96. The monoisotopic (exact) mass is 344 g/mol. The average molecular weight is 344 g/mol. The van der Waals surface area contributed by atoms with Gasteiger partial charge in [-0.3, -0.25) is 4.79 Å². The van der Waals surface area contributed by atoms with Gasteiger partial charge in [-0.1, -0.05) is 6.42 Å². The average Bonchev–Trinajstić information content (AvgIpc) is 2.99. The molecule has 1 saturated carbocycles. The number of furan rings is 1. The van der Waals surface area contributed by atoms with Crippen molar-refractivity contribution < 1.29 is 22.7 Å². The molecule has 0 aromatic carbocycles. The van der Waals surface area contributed by atoms with Crippen LogP contribution in [0.25, 0.3) is 0 Å². The Balaban J connectivity index is 1.80. The summed E-state index contributed by atoms with van der Waals surface area (Å²) in [6, 6.07) is 3.11. The summed E-state index contributed by atoms with van der Waals surface area (Å²) in [6.45, 7) is 0.791. The number of rotatable bonds is 7. The Labute approximate surface area is 136 Å². The zero-order valence-electron chi connectivity index (χ0n) is 13.2. The van der Waals surface area contributed by atoms with Gasteiger partial charge in [0.2, 0.25) is 10.0 Å². The van der Waals surface area contributed by atoms with E-state index in [1.807, 2.05) is 0 Å². The van der Waals surface area contributed by atoms with Crippen LogP contribution in [0.5, 0.6) is 0 Å². The van der Waals surface area contributed by atoms with Crippen molar-refractivity contribution in [3.05, 3.63) is 23.7 Å². The van der Waals surface area contributed by atoms with Crippen molar-refractivity contribution in [2.75, 3.05) is 19.4 Å². The molecule has 1 aromatic rings. The molecular formula is C15H24N2O5S. The Morgan fingerprint density at radius 2 is 2.09 bits per heavy atom. The molecule has 1 aliphatic carbocycles. The summed E-state index contributed by atoms with van der Waals surface area (Å²) in [4.78, 5) is 12.1. The van der Waals surface area contributed by atoms with Gasteiger partial charge in [0.1, 0.15) is 5.76 Å². The zero-order chi connectivity index (χ0) is 16.9. The summed E-state index contributed by atoms with van der Waals surface area (Å²) >= 11 is 0. The highest BCUT2D eigenvalue weighted by molar-refractivity contribution is 7.88. The topological polar surface area (TPSA) is 109 Å². The van der Waals surface area contributed by atoms with E-state index in [1.54, 1.807) is 6.07 Å². The van der Waals surface area contributed by atoms with Crippen LogP contribution in [0.2, 0.25) is 0 Å². The van der Waals surface area contributed by atoms with Crippen molar-refractivity contribution in [2.45, 2.75) is 32.2 Å². The van der Waals surface area contributed by atoms with E-state index in [4.69, 9.17) is 4.42 Å². The van der Waals surface area contributed by atoms with Crippen molar-refractivity contribution in [2.24, 2.45) is 11.8 Å². The van der Waals surface area contributed by atoms with Crippen LogP contribution in [0.3, 0.4) is 0 Å². The van der Waals surface area contributed by atoms with Gasteiger partial charge in [-0.2, -0.15) is 0 Å². The fourth-order valence-corrected chi connectivity index (χ4v) is 3.28. The van der Waals surface area contributed by atoms with Crippen LogP contribution in [0.15, 0.2) is 16.5 Å². The quantitative estimate of drug-likeness (QED) is 0.680. The van der Waals surface area contributed by atoms with Gasteiger partial charge in [0, 0.05) is 13.2 Å². The summed E-state index contributed by atoms with van der Waals surface area (Å²) < 4.78 is 29.7. The lowest BCUT2D eigenvalue weighted by atomic mass is 9.82. The van der Waals surface area contributed by atoms with Crippen LogP contribution in [0.4, 0.5) is 0 Å². The Hall–Kier alpha value is -1.38. The second-order valence-corrected chi connectivity index (χ2v) is 7.98. The summed E-state index contributed by atoms with van der Waals surface area (Å²) in [7, 11) is -3.30. The standard InChI is InChI=1S/C15H24N2O5S/c1-23(20,21)17-9-13-5-6-14(22-13)15(19)16-8-11-3-2-4-12(7-11)10-18/h5-6,11-12,17-18H,2-4,7-10H2,1H3,(H,16,19)/t11-,12+/m0/s1. The Morgan fingerprint density at radius 3 is 2.78 bits per heavy atom. The molecule has 0 saturated heterocycles. The smallest absolute Gasteiger partial charge is 0.287 e. The Kier molecular flexibility index (Phi) is 6.20. The van der Waals surface area contributed by atoms with Crippen molar-refractivity contribution in [1.82, 2.24) is 10.0 Å². The molecule has 2 rings (SSSR count). The lowest BCUT2D eigenvalue weighted by molar-refractivity contribution is 0.0905. The van der Waals surface area contributed by atoms with E-state index in [1.165, 1.54) is 6.07 Å². The van der Waals surface area contributed by atoms with Gasteiger partial charge in [-0.15, -0.1) is 0 Å². The van der Waals surface area contributed by atoms with E-state index >= 15 is 0 Å². The molecule has 2 atom stereocenters. The minimum atomic E-state index is -3.30. The highest BCUT2D eigenvalue weighted by Crippen LogP contribution is 2.28. The fraction of sp³-hybridized carbons (Fsp3) is 0.667. The van der Waals surface area contributed by atoms with Crippen LogP contribution >= 0.6 is 0 Å². The molecule has 0 radical (unpaired) electrons. The number of nitrogens with one attached hydrogen (secondary N) is 2. The molecule has 8 heteroatoms. The number of hydrogen-bond donors (Lipinski definition) is 3. The van der Waals surface area contributed by atoms with Gasteiger partial charge in [0.25, 0.3) is 5.91 Å². The second-order valence-electron chi connectivity index (χ2n) is 6.15. The largest absolute Gasteiger partial charge is 0.455 e. The van der Waals surface area contributed by atoms with Crippen molar-refractivity contribution in [3.63, 3.8) is 0 Å². The molecule has 0 unspecified atom stereocenters. The molecule has 1 aliphatic rings. The van der Waals surface area contributed by atoms with E-state index in [-0.39, 0.29) is 24.8 Å².